The van der Waals surface area contributed by atoms with Gasteiger partial charge in [-0.3, -0.25) is 15.7 Å². The molecule has 3 heterocycles. The minimum atomic E-state index is -0.542. The van der Waals surface area contributed by atoms with Crippen LogP contribution in [0.5, 0.6) is 0 Å². The summed E-state index contributed by atoms with van der Waals surface area (Å²) in [4.78, 5) is 16.1. The van der Waals surface area contributed by atoms with Gasteiger partial charge in [-0.15, -0.1) is 0 Å². The first-order valence-electron chi connectivity index (χ1n) is 6.73. The van der Waals surface area contributed by atoms with Gasteiger partial charge in [-0.1, -0.05) is 0 Å². The van der Waals surface area contributed by atoms with Crippen LogP contribution in [-0.2, 0) is 0 Å². The average molecular weight is 309 g/mol. The smallest absolute Gasteiger partial charge is 0.212 e. The summed E-state index contributed by atoms with van der Waals surface area (Å²) in [5, 5.41) is 8.64. The Balaban J connectivity index is 2.11. The number of pyridine rings is 3. The number of halogens is 1. The van der Waals surface area contributed by atoms with Gasteiger partial charge >= 0.3 is 0 Å². The number of aromatic nitrogens is 3. The van der Waals surface area contributed by atoms with Gasteiger partial charge in [0.1, 0.15) is 6.34 Å². The largest absolute Gasteiger partial charge is 0.290 e. The highest BCUT2D eigenvalue weighted by Gasteiger charge is 2.07. The molecule has 0 saturated heterocycles. The van der Waals surface area contributed by atoms with Crippen molar-refractivity contribution in [3.63, 3.8) is 0 Å². The Morgan fingerprint density at radius 2 is 1.87 bits per heavy atom. The molecule has 0 amide bonds. The first-order valence-corrected chi connectivity index (χ1v) is 6.73. The van der Waals surface area contributed by atoms with Crippen LogP contribution in [0.1, 0.15) is 0 Å². The quantitative estimate of drug-likeness (QED) is 0.335. The molecule has 2 N–H and O–H groups in total. The van der Waals surface area contributed by atoms with E-state index in [-0.39, 0.29) is 0 Å². The first kappa shape index (κ1) is 14.7. The van der Waals surface area contributed by atoms with E-state index in [0.29, 0.717) is 11.5 Å². The highest BCUT2D eigenvalue weighted by atomic mass is 19.1. The molecule has 7 heteroatoms. The van der Waals surface area contributed by atoms with Gasteiger partial charge < -0.3 is 0 Å². The van der Waals surface area contributed by atoms with Crippen molar-refractivity contribution in [2.24, 2.45) is 4.99 Å². The predicted octanol–water partition coefficient (Wildman–Crippen LogP) is 2.98. The Hall–Kier alpha value is -3.19. The van der Waals surface area contributed by atoms with Crippen molar-refractivity contribution < 1.29 is 9.60 Å². The fourth-order valence-electron chi connectivity index (χ4n) is 2.06. The van der Waals surface area contributed by atoms with Crippen molar-refractivity contribution in [3.05, 3.63) is 60.9 Å². The lowest BCUT2D eigenvalue weighted by Crippen LogP contribution is -2.01. The van der Waals surface area contributed by atoms with E-state index in [0.717, 1.165) is 23.0 Å². The third-order valence-electron chi connectivity index (χ3n) is 3.10. The summed E-state index contributed by atoms with van der Waals surface area (Å²) in [6, 6.07) is 10.1. The Morgan fingerprint density at radius 3 is 2.57 bits per heavy atom. The van der Waals surface area contributed by atoms with Crippen molar-refractivity contribution in [1.29, 1.82) is 0 Å². The monoisotopic (exact) mass is 309 g/mol. The molecule has 3 rings (SSSR count). The molecule has 114 valence electrons. The van der Waals surface area contributed by atoms with E-state index < -0.39 is 5.95 Å². The Labute approximate surface area is 131 Å². The van der Waals surface area contributed by atoms with Gasteiger partial charge in [0.2, 0.25) is 5.95 Å². The van der Waals surface area contributed by atoms with Crippen molar-refractivity contribution in [3.8, 4) is 22.4 Å². The topological polar surface area (TPSA) is 83.3 Å². The lowest BCUT2D eigenvalue weighted by atomic mass is 10.1. The summed E-state index contributed by atoms with van der Waals surface area (Å²) in [6.45, 7) is 0. The molecule has 0 saturated carbocycles. The van der Waals surface area contributed by atoms with Crippen LogP contribution in [0.3, 0.4) is 0 Å². The zero-order valence-corrected chi connectivity index (χ0v) is 11.9. The number of hydrogen-bond acceptors (Lipinski definition) is 5. The number of nitrogens with one attached hydrogen (secondary N) is 1. The van der Waals surface area contributed by atoms with Crippen molar-refractivity contribution in [1.82, 2.24) is 20.4 Å². The van der Waals surface area contributed by atoms with Crippen LogP contribution in [0.2, 0.25) is 0 Å². The first-order chi connectivity index (χ1) is 11.3. The predicted molar refractivity (Wildman–Crippen MR) is 83.7 cm³/mol. The van der Waals surface area contributed by atoms with Crippen LogP contribution >= 0.6 is 0 Å². The van der Waals surface area contributed by atoms with Gasteiger partial charge in [0, 0.05) is 29.7 Å². The molecule has 0 aliphatic carbocycles. The number of aliphatic imine (C=N–C) groups is 1. The number of rotatable bonds is 4. The fraction of sp³-hybridized carbons (Fsp3) is 0. The van der Waals surface area contributed by atoms with E-state index in [1.807, 2.05) is 23.7 Å². The second kappa shape index (κ2) is 6.71. The summed E-state index contributed by atoms with van der Waals surface area (Å²) in [5.41, 5.74) is 4.90. The normalized spacial score (nSPS) is 10.9. The highest BCUT2D eigenvalue weighted by molar-refractivity contribution is 5.73. The van der Waals surface area contributed by atoms with Crippen LogP contribution in [-0.4, -0.2) is 26.5 Å². The molecule has 0 fully saturated rings. The summed E-state index contributed by atoms with van der Waals surface area (Å²) in [6.07, 6.45) is 5.90. The maximum atomic E-state index is 13.0. The number of nitrogens with zero attached hydrogens (tertiary/aromatic N) is 4. The minimum absolute atomic E-state index is 0.389. The van der Waals surface area contributed by atoms with Gasteiger partial charge in [0.15, 0.2) is 5.82 Å². The molecule has 0 aliphatic rings. The zero-order valence-electron chi connectivity index (χ0n) is 11.9. The third-order valence-corrected chi connectivity index (χ3v) is 3.10. The maximum absolute atomic E-state index is 13.0. The van der Waals surface area contributed by atoms with E-state index >= 15 is 0 Å². The van der Waals surface area contributed by atoms with E-state index in [1.54, 1.807) is 24.5 Å². The molecule has 0 aromatic carbocycles. The molecule has 0 bridgehead atoms. The zero-order chi connectivity index (χ0) is 16.1. The lowest BCUT2D eigenvalue weighted by molar-refractivity contribution is 0.240. The molecule has 3 aromatic heterocycles. The Morgan fingerprint density at radius 1 is 1.04 bits per heavy atom. The molecule has 3 aromatic rings. The average Bonchev–Trinajstić information content (AvgIpc) is 2.61. The lowest BCUT2D eigenvalue weighted by Gasteiger charge is -2.07. The van der Waals surface area contributed by atoms with Gasteiger partial charge in [-0.25, -0.2) is 15.0 Å². The maximum Gasteiger partial charge on any atom is 0.212 e. The fourth-order valence-corrected chi connectivity index (χ4v) is 2.06. The number of hydroxylamine groups is 1. The van der Waals surface area contributed by atoms with Crippen LogP contribution in [0.25, 0.3) is 22.4 Å². The van der Waals surface area contributed by atoms with Crippen LogP contribution in [0.4, 0.5) is 10.2 Å². The van der Waals surface area contributed by atoms with Crippen molar-refractivity contribution in [2.75, 3.05) is 0 Å². The van der Waals surface area contributed by atoms with E-state index in [2.05, 4.69) is 19.9 Å². The van der Waals surface area contributed by atoms with Crippen molar-refractivity contribution >= 4 is 12.2 Å². The van der Waals surface area contributed by atoms with Gasteiger partial charge in [-0.2, -0.15) is 4.39 Å². The summed E-state index contributed by atoms with van der Waals surface area (Å²) >= 11 is 0. The van der Waals surface area contributed by atoms with Crippen LogP contribution < -0.4 is 5.48 Å². The molecule has 6 nitrogen and oxygen atoms in total. The molecule has 0 atom stereocenters. The van der Waals surface area contributed by atoms with Gasteiger partial charge in [0.25, 0.3) is 0 Å². The van der Waals surface area contributed by atoms with Crippen LogP contribution in [0.15, 0.2) is 60.0 Å². The third kappa shape index (κ3) is 3.53. The molecule has 23 heavy (non-hydrogen) atoms. The summed E-state index contributed by atoms with van der Waals surface area (Å²) in [5.74, 6) is -0.153. The molecular weight excluding hydrogens is 297 g/mol. The van der Waals surface area contributed by atoms with E-state index in [9.17, 15) is 4.39 Å². The Bertz CT molecular complexity index is 822. The van der Waals surface area contributed by atoms with Crippen LogP contribution in [0, 0.1) is 5.95 Å². The molecule has 0 aliphatic heterocycles. The van der Waals surface area contributed by atoms with E-state index in [4.69, 9.17) is 5.21 Å². The summed E-state index contributed by atoms with van der Waals surface area (Å²) < 4.78 is 13.0. The van der Waals surface area contributed by atoms with E-state index in [1.165, 1.54) is 12.3 Å². The second-order valence-corrected chi connectivity index (χ2v) is 4.59. The SMILES string of the molecule is ONC=Nc1cc(-c2ccc(F)nc2)cc(-c2ccncc2)n1. The minimum Gasteiger partial charge on any atom is -0.290 e. The highest BCUT2D eigenvalue weighted by Crippen LogP contribution is 2.28. The van der Waals surface area contributed by atoms with Crippen molar-refractivity contribution in [2.45, 2.75) is 0 Å². The standard InChI is InChI=1S/C16H12FN5O/c17-15-2-1-12(9-19-15)13-7-14(11-3-5-18-6-4-11)22-16(8-13)20-10-21-23/h1-10,23H,(H,20,21,22). The molecular formula is C16H12FN5O. The summed E-state index contributed by atoms with van der Waals surface area (Å²) in [7, 11) is 0. The van der Waals surface area contributed by atoms with Gasteiger partial charge in [-0.05, 0) is 42.0 Å². The second-order valence-electron chi connectivity index (χ2n) is 4.59. The molecule has 0 spiro atoms. The molecule has 0 unspecified atom stereocenters. The Kier molecular flexibility index (Phi) is 4.30. The van der Waals surface area contributed by atoms with Gasteiger partial charge in [0.05, 0.1) is 5.69 Å². The molecule has 0 radical (unpaired) electrons. The number of hydrogen-bond donors (Lipinski definition) is 2.